The second-order valence-corrected chi connectivity index (χ2v) is 8.92. The summed E-state index contributed by atoms with van der Waals surface area (Å²) in [4.78, 5) is 10.9. The molecule has 0 aromatic heterocycles. The molecule has 10 heteroatoms. The smallest absolute Gasteiger partial charge is 0.247 e. The van der Waals surface area contributed by atoms with Crippen LogP contribution in [0.1, 0.15) is 13.3 Å². The molecule has 2 atom stereocenters. The quantitative estimate of drug-likeness (QED) is 0.527. The highest BCUT2D eigenvalue weighted by atomic mass is 32.2. The van der Waals surface area contributed by atoms with E-state index < -0.39 is 42.9 Å². The number of nitrogens with zero attached hydrogens (tertiary/aromatic N) is 1. The molecule has 19 heavy (non-hydrogen) atoms. The molecule has 3 N–H and O–H groups in total. The molecule has 0 aliphatic heterocycles. The Hall–Kier alpha value is -0.710. The van der Waals surface area contributed by atoms with Gasteiger partial charge in [-0.3, -0.25) is 4.79 Å². The normalized spacial score (nSPS) is 16.3. The third kappa shape index (κ3) is 5.05. The lowest BCUT2D eigenvalue weighted by Gasteiger charge is -2.24. The lowest BCUT2D eigenvalue weighted by atomic mass is 10.2. The fourth-order valence-corrected chi connectivity index (χ4v) is 5.22. The molecule has 0 rings (SSSR count). The van der Waals surface area contributed by atoms with E-state index in [4.69, 9.17) is 5.73 Å². The number of rotatable bonds is 8. The Kier molecular flexibility index (Phi) is 6.39. The number of aliphatic hydroxyl groups excluding tert-OH is 1. The molecule has 0 heterocycles. The molecule has 8 nitrogen and oxygen atoms in total. The van der Waals surface area contributed by atoms with Crippen LogP contribution in [-0.4, -0.2) is 69.1 Å². The van der Waals surface area contributed by atoms with Crippen LogP contribution in [0.25, 0.3) is 0 Å². The zero-order chi connectivity index (χ0) is 15.4. The van der Waals surface area contributed by atoms with Gasteiger partial charge in [0.1, 0.15) is 5.25 Å². The van der Waals surface area contributed by atoms with Crippen LogP contribution in [0.4, 0.5) is 0 Å². The Bertz CT molecular complexity index is 511. The molecule has 0 radical (unpaired) electrons. The molecule has 0 fully saturated rings. The first-order valence-electron chi connectivity index (χ1n) is 5.55. The van der Waals surface area contributed by atoms with Gasteiger partial charge in [-0.2, -0.15) is 0 Å². The van der Waals surface area contributed by atoms with Gasteiger partial charge in [-0.15, -0.1) is 0 Å². The van der Waals surface area contributed by atoms with Crippen LogP contribution in [0.15, 0.2) is 0 Å². The Morgan fingerprint density at radius 2 is 1.74 bits per heavy atom. The van der Waals surface area contributed by atoms with Crippen molar-refractivity contribution in [2.75, 3.05) is 25.6 Å². The van der Waals surface area contributed by atoms with Crippen LogP contribution in [0.2, 0.25) is 0 Å². The summed E-state index contributed by atoms with van der Waals surface area (Å²) in [7, 11) is -5.47. The molecule has 0 bridgehead atoms. The number of sulfone groups is 1. The van der Waals surface area contributed by atoms with Crippen molar-refractivity contribution >= 4 is 25.8 Å². The molecule has 0 aliphatic rings. The Labute approximate surface area is 113 Å². The van der Waals surface area contributed by atoms with Crippen molar-refractivity contribution in [2.45, 2.75) is 24.7 Å². The monoisotopic (exact) mass is 316 g/mol. The molecular weight excluding hydrogens is 296 g/mol. The second kappa shape index (κ2) is 6.64. The van der Waals surface area contributed by atoms with Crippen molar-refractivity contribution in [2.24, 2.45) is 5.73 Å². The number of amides is 1. The lowest BCUT2D eigenvalue weighted by Crippen LogP contribution is -2.50. The Balaban J connectivity index is 5.51. The zero-order valence-electron chi connectivity index (χ0n) is 11.1. The van der Waals surface area contributed by atoms with Crippen molar-refractivity contribution in [1.82, 2.24) is 4.31 Å². The van der Waals surface area contributed by atoms with Gasteiger partial charge in [0.15, 0.2) is 15.9 Å². The van der Waals surface area contributed by atoms with Crippen LogP contribution >= 0.6 is 0 Å². The first kappa shape index (κ1) is 18.3. The molecule has 0 saturated heterocycles. The van der Waals surface area contributed by atoms with Crippen molar-refractivity contribution in [1.29, 1.82) is 0 Å². The van der Waals surface area contributed by atoms with Crippen LogP contribution in [-0.2, 0) is 24.7 Å². The topological polar surface area (TPSA) is 135 Å². The van der Waals surface area contributed by atoms with E-state index in [1.54, 1.807) is 6.92 Å². The minimum Gasteiger partial charge on any atom is -0.382 e. The van der Waals surface area contributed by atoms with E-state index in [0.717, 1.165) is 4.31 Å². The summed E-state index contributed by atoms with van der Waals surface area (Å²) in [5, 5.41) is 7.76. The van der Waals surface area contributed by atoms with Crippen LogP contribution in [0, 0.1) is 0 Å². The second-order valence-electron chi connectivity index (χ2n) is 4.33. The molecule has 0 aliphatic carbocycles. The fraction of sp³-hybridized carbons (Fsp3) is 0.889. The Morgan fingerprint density at radius 3 is 2.05 bits per heavy atom. The molecular formula is C9H20N2O6S2. The lowest BCUT2D eigenvalue weighted by molar-refractivity contribution is -0.125. The largest absolute Gasteiger partial charge is 0.382 e. The number of carbonyl (C=O) groups is 1. The van der Waals surface area contributed by atoms with Gasteiger partial charge in [0.05, 0.1) is 5.75 Å². The highest BCUT2D eigenvalue weighted by molar-refractivity contribution is 7.94. The van der Waals surface area contributed by atoms with Gasteiger partial charge < -0.3 is 10.8 Å². The van der Waals surface area contributed by atoms with Gasteiger partial charge in [-0.25, -0.2) is 21.1 Å². The number of primary amides is 1. The van der Waals surface area contributed by atoms with Gasteiger partial charge >= 0.3 is 0 Å². The van der Waals surface area contributed by atoms with Crippen molar-refractivity contribution in [3.8, 4) is 0 Å². The molecule has 0 aromatic rings. The van der Waals surface area contributed by atoms with Gasteiger partial charge in [-0.05, 0) is 6.42 Å². The number of sulfonamides is 1. The van der Waals surface area contributed by atoms with Gasteiger partial charge in [0, 0.05) is 19.8 Å². The maximum Gasteiger partial charge on any atom is 0.247 e. The van der Waals surface area contributed by atoms with Crippen molar-refractivity contribution in [3.63, 3.8) is 0 Å². The van der Waals surface area contributed by atoms with E-state index in [1.165, 1.54) is 14.1 Å². The van der Waals surface area contributed by atoms with Crippen molar-refractivity contribution in [3.05, 3.63) is 0 Å². The highest BCUT2D eigenvalue weighted by Crippen LogP contribution is 2.14. The van der Waals surface area contributed by atoms with Crippen LogP contribution in [0.3, 0.4) is 0 Å². The third-order valence-corrected chi connectivity index (χ3v) is 6.78. The standard InChI is InChI=1S/C9H20N2O6S2/c1-4-5-18(14,15)6-7(8(12)9(10)13)19(16,17)11(2)3/h7-8,12H,4-6H2,1-3H3,(H2,10,13). The molecule has 0 aromatic carbocycles. The van der Waals surface area contributed by atoms with E-state index in [1.807, 2.05) is 0 Å². The predicted octanol–water partition coefficient (Wildman–Crippen LogP) is -2.08. The summed E-state index contributed by atoms with van der Waals surface area (Å²) in [6.07, 6.45) is -1.76. The molecule has 1 amide bonds. The van der Waals surface area contributed by atoms with Gasteiger partial charge in [-0.1, -0.05) is 6.92 Å². The summed E-state index contributed by atoms with van der Waals surface area (Å²) in [6, 6.07) is 0. The van der Waals surface area contributed by atoms with E-state index in [9.17, 15) is 26.7 Å². The number of hydrogen-bond acceptors (Lipinski definition) is 6. The number of nitrogens with two attached hydrogens (primary N) is 1. The van der Waals surface area contributed by atoms with Crippen LogP contribution in [0.5, 0.6) is 0 Å². The Morgan fingerprint density at radius 1 is 1.26 bits per heavy atom. The minimum absolute atomic E-state index is 0.224. The molecule has 114 valence electrons. The summed E-state index contributed by atoms with van der Waals surface area (Å²) < 4.78 is 48.0. The minimum atomic E-state index is -4.13. The number of carbonyl (C=O) groups excluding carboxylic acids is 1. The summed E-state index contributed by atoms with van der Waals surface area (Å²) in [5.41, 5.74) is 4.86. The zero-order valence-corrected chi connectivity index (χ0v) is 12.7. The molecule has 2 unspecified atom stereocenters. The van der Waals surface area contributed by atoms with Crippen LogP contribution < -0.4 is 5.73 Å². The van der Waals surface area contributed by atoms with Gasteiger partial charge in [0.2, 0.25) is 15.9 Å². The average Bonchev–Trinajstić information content (AvgIpc) is 2.24. The van der Waals surface area contributed by atoms with E-state index in [2.05, 4.69) is 0 Å². The summed E-state index contributed by atoms with van der Waals surface area (Å²) in [6.45, 7) is 1.62. The van der Waals surface area contributed by atoms with Crippen molar-refractivity contribution < 1.29 is 26.7 Å². The molecule has 0 spiro atoms. The van der Waals surface area contributed by atoms with E-state index >= 15 is 0 Å². The molecule has 0 saturated carbocycles. The predicted molar refractivity (Wildman–Crippen MR) is 70.5 cm³/mol. The average molecular weight is 316 g/mol. The van der Waals surface area contributed by atoms with E-state index in [-0.39, 0.29) is 5.75 Å². The number of hydrogen-bond donors (Lipinski definition) is 2. The maximum absolute atomic E-state index is 12.0. The first-order chi connectivity index (χ1) is 8.45. The maximum atomic E-state index is 12.0. The summed E-state index contributed by atoms with van der Waals surface area (Å²) >= 11 is 0. The number of aliphatic hydroxyl groups is 1. The summed E-state index contributed by atoms with van der Waals surface area (Å²) in [5.74, 6) is -2.34. The van der Waals surface area contributed by atoms with E-state index in [0.29, 0.717) is 6.42 Å². The SMILES string of the molecule is CCCS(=O)(=O)CC(C(O)C(N)=O)S(=O)(=O)N(C)C. The third-order valence-electron chi connectivity index (χ3n) is 2.47. The fourth-order valence-electron chi connectivity index (χ4n) is 1.44. The van der Waals surface area contributed by atoms with Gasteiger partial charge in [0.25, 0.3) is 0 Å². The first-order valence-corrected chi connectivity index (χ1v) is 8.87. The highest BCUT2D eigenvalue weighted by Gasteiger charge is 2.40.